The lowest BCUT2D eigenvalue weighted by Crippen LogP contribution is -2.47. The zero-order valence-corrected chi connectivity index (χ0v) is 23.4. The number of amides is 1. The van der Waals surface area contributed by atoms with Gasteiger partial charge in [0.1, 0.15) is 18.0 Å². The highest BCUT2D eigenvalue weighted by molar-refractivity contribution is 7.92. The Morgan fingerprint density at radius 2 is 1.71 bits per heavy atom. The molecule has 2 aliphatic carbocycles. The first-order valence-electron chi connectivity index (χ1n) is 13.0. The number of hydrogen-bond acceptors (Lipinski definition) is 6. The van der Waals surface area contributed by atoms with Crippen molar-refractivity contribution in [2.24, 2.45) is 17.0 Å². The summed E-state index contributed by atoms with van der Waals surface area (Å²) in [6.45, 7) is -0.0122. The van der Waals surface area contributed by atoms with Crippen molar-refractivity contribution in [3.63, 3.8) is 0 Å². The van der Waals surface area contributed by atoms with Crippen LogP contribution in [0.2, 0.25) is 5.02 Å². The molecule has 0 saturated heterocycles. The lowest BCUT2D eigenvalue weighted by Gasteiger charge is -2.38. The number of nitrogens with zero attached hydrogens (tertiary/aromatic N) is 1. The van der Waals surface area contributed by atoms with E-state index in [9.17, 15) is 35.9 Å². The second kappa shape index (κ2) is 11.7. The average molecular weight is 625 g/mol. The smallest absolute Gasteiger partial charge is 0.255 e. The molecule has 0 heterocycles. The van der Waals surface area contributed by atoms with E-state index in [2.05, 4.69) is 10.5 Å². The summed E-state index contributed by atoms with van der Waals surface area (Å²) in [5, 5.41) is 16.3. The first-order valence-corrected chi connectivity index (χ1v) is 14.9. The number of carbonyl (C=O) groups is 1. The Morgan fingerprint density at radius 3 is 2.36 bits per heavy atom. The lowest BCUT2D eigenvalue weighted by atomic mass is 9.78. The third-order valence-corrected chi connectivity index (χ3v) is 10.5. The first-order chi connectivity index (χ1) is 19.9. The van der Waals surface area contributed by atoms with E-state index in [1.54, 1.807) is 6.07 Å². The summed E-state index contributed by atoms with van der Waals surface area (Å²) in [6, 6.07) is 10.6. The molecule has 3 aromatic rings. The van der Waals surface area contributed by atoms with Crippen molar-refractivity contribution in [1.82, 2.24) is 0 Å². The van der Waals surface area contributed by atoms with Crippen LogP contribution < -0.4 is 5.32 Å². The lowest BCUT2D eigenvalue weighted by molar-refractivity contribution is 0.0410. The summed E-state index contributed by atoms with van der Waals surface area (Å²) in [4.78, 5) is 17.7. The molecule has 2 bridgehead atoms. The molecule has 0 aromatic heterocycles. The molecule has 2 unspecified atom stereocenters. The molecule has 1 amide bonds. The minimum absolute atomic E-state index is 0.0122. The van der Waals surface area contributed by atoms with Gasteiger partial charge < -0.3 is 15.3 Å². The van der Waals surface area contributed by atoms with Crippen LogP contribution in [0.25, 0.3) is 0 Å². The summed E-state index contributed by atoms with van der Waals surface area (Å²) in [5.41, 5.74) is -1.36. The number of nitrogens with one attached hydrogen (secondary N) is 1. The number of halogens is 5. The zero-order chi connectivity index (χ0) is 30.2. The summed E-state index contributed by atoms with van der Waals surface area (Å²) in [7, 11) is -4.10. The van der Waals surface area contributed by atoms with E-state index in [4.69, 9.17) is 16.4 Å². The number of hydrogen-bond donors (Lipinski definition) is 2. The van der Waals surface area contributed by atoms with Crippen molar-refractivity contribution in [1.29, 1.82) is 0 Å². The molecule has 2 N–H and O–H groups in total. The maximum Gasteiger partial charge on any atom is 0.255 e. The van der Waals surface area contributed by atoms with Gasteiger partial charge in [-0.3, -0.25) is 4.79 Å². The SMILES string of the molecule is O=C(Nc1cc(F)c(F)c(F)c1)c1ccc(Cl)c(S(=O)(=O)C2C3CCC2CC(O)(/C=N/OCc2cccc(F)c2)C3)c1. The van der Waals surface area contributed by atoms with Crippen molar-refractivity contribution in [3.8, 4) is 0 Å². The molecule has 0 radical (unpaired) electrons. The van der Waals surface area contributed by atoms with Gasteiger partial charge in [-0.1, -0.05) is 28.9 Å². The summed E-state index contributed by atoms with van der Waals surface area (Å²) < 4.78 is 81.5. The molecular weight excluding hydrogens is 600 g/mol. The fraction of sp³-hybridized carbons (Fsp3) is 0.310. The molecule has 2 fully saturated rings. The maximum atomic E-state index is 13.9. The highest BCUT2D eigenvalue weighted by Crippen LogP contribution is 2.51. The molecule has 222 valence electrons. The van der Waals surface area contributed by atoms with Gasteiger partial charge in [0.25, 0.3) is 5.91 Å². The average Bonchev–Trinajstić information content (AvgIpc) is 3.23. The van der Waals surface area contributed by atoms with E-state index in [1.807, 2.05) is 0 Å². The van der Waals surface area contributed by atoms with Gasteiger partial charge in [-0.15, -0.1) is 0 Å². The van der Waals surface area contributed by atoms with Crippen molar-refractivity contribution in [2.75, 3.05) is 5.32 Å². The molecule has 0 aliphatic heterocycles. The molecule has 2 saturated carbocycles. The largest absolute Gasteiger partial charge is 0.391 e. The predicted molar refractivity (Wildman–Crippen MR) is 147 cm³/mol. The van der Waals surface area contributed by atoms with Crippen LogP contribution in [-0.2, 0) is 21.3 Å². The van der Waals surface area contributed by atoms with E-state index < -0.39 is 61.7 Å². The van der Waals surface area contributed by atoms with Crippen molar-refractivity contribution in [3.05, 3.63) is 94.0 Å². The van der Waals surface area contributed by atoms with Crippen LogP contribution in [0.5, 0.6) is 0 Å². The number of rotatable bonds is 8. The van der Waals surface area contributed by atoms with Crippen LogP contribution >= 0.6 is 11.6 Å². The van der Waals surface area contributed by atoms with Gasteiger partial charge in [0.2, 0.25) is 0 Å². The Morgan fingerprint density at radius 1 is 1.05 bits per heavy atom. The minimum atomic E-state index is -4.10. The molecule has 3 aromatic carbocycles. The maximum absolute atomic E-state index is 13.9. The fourth-order valence-electron chi connectivity index (χ4n) is 5.90. The highest BCUT2D eigenvalue weighted by Gasteiger charge is 2.54. The Bertz CT molecular complexity index is 1630. The van der Waals surface area contributed by atoms with Crippen LogP contribution in [0.15, 0.2) is 64.6 Å². The Balaban J connectivity index is 1.30. The van der Waals surface area contributed by atoms with Gasteiger partial charge >= 0.3 is 0 Å². The van der Waals surface area contributed by atoms with Gasteiger partial charge in [-0.05, 0) is 73.4 Å². The van der Waals surface area contributed by atoms with Crippen molar-refractivity contribution >= 4 is 39.2 Å². The monoisotopic (exact) mass is 624 g/mol. The first kappa shape index (κ1) is 30.0. The fourth-order valence-corrected chi connectivity index (χ4v) is 8.74. The quantitative estimate of drug-likeness (QED) is 0.138. The number of sulfone groups is 1. The van der Waals surface area contributed by atoms with Crippen LogP contribution in [-0.4, -0.2) is 36.5 Å². The third-order valence-electron chi connectivity index (χ3n) is 7.66. The predicted octanol–water partition coefficient (Wildman–Crippen LogP) is 6.04. The number of anilines is 1. The second-order valence-electron chi connectivity index (χ2n) is 10.6. The Kier molecular flexibility index (Phi) is 8.32. The number of benzene rings is 3. The van der Waals surface area contributed by atoms with E-state index in [-0.39, 0.29) is 40.6 Å². The summed E-state index contributed by atoms with van der Waals surface area (Å²) >= 11 is 6.28. The van der Waals surface area contributed by atoms with Crippen LogP contribution in [0, 0.1) is 35.1 Å². The standard InChI is InChI=1S/C29H25ClF4N2O5S/c30-22-7-6-17(28(37)36-21-10-23(32)26(34)24(33)11-21)9-25(22)42(39,40)27-18-4-5-19(27)13-29(38,12-18)15-35-41-14-16-2-1-3-20(31)8-16/h1-3,6-11,15,18-19,27,38H,4-5,12-14H2,(H,36,37)/b35-15+. The highest BCUT2D eigenvalue weighted by atomic mass is 35.5. The molecule has 42 heavy (non-hydrogen) atoms. The molecule has 13 heteroatoms. The number of carbonyl (C=O) groups excluding carboxylic acids is 1. The molecule has 2 atom stereocenters. The normalized spacial score (nSPS) is 23.7. The Labute approximate surface area is 244 Å². The Hall–Kier alpha value is -3.48. The molecule has 0 spiro atoms. The minimum Gasteiger partial charge on any atom is -0.391 e. The summed E-state index contributed by atoms with van der Waals surface area (Å²) in [6.07, 6.45) is 2.52. The molecule has 5 rings (SSSR count). The van der Waals surface area contributed by atoms with E-state index >= 15 is 0 Å². The number of oxime groups is 1. The number of fused-ring (bicyclic) bond motifs is 2. The van der Waals surface area contributed by atoms with E-state index in [0.29, 0.717) is 30.5 Å². The van der Waals surface area contributed by atoms with Gasteiger partial charge in [0.05, 0.1) is 21.4 Å². The van der Waals surface area contributed by atoms with Crippen molar-refractivity contribution < 1.29 is 40.7 Å². The number of aliphatic hydroxyl groups is 1. The topological polar surface area (TPSA) is 105 Å². The van der Waals surface area contributed by atoms with E-state index in [0.717, 1.165) is 6.07 Å². The van der Waals surface area contributed by atoms with Crippen LogP contribution in [0.3, 0.4) is 0 Å². The third kappa shape index (κ3) is 6.16. The van der Waals surface area contributed by atoms with E-state index in [1.165, 1.54) is 36.5 Å². The molecular formula is C29H25ClF4N2O5S. The van der Waals surface area contributed by atoms with Gasteiger partial charge in [0, 0.05) is 23.4 Å². The zero-order valence-electron chi connectivity index (χ0n) is 21.9. The van der Waals surface area contributed by atoms with Gasteiger partial charge in [0.15, 0.2) is 27.3 Å². The van der Waals surface area contributed by atoms with Gasteiger partial charge in [-0.25, -0.2) is 26.0 Å². The molecule has 7 nitrogen and oxygen atoms in total. The van der Waals surface area contributed by atoms with Crippen LogP contribution in [0.1, 0.15) is 41.6 Å². The molecule has 2 aliphatic rings. The van der Waals surface area contributed by atoms with Crippen LogP contribution in [0.4, 0.5) is 23.2 Å². The van der Waals surface area contributed by atoms with Gasteiger partial charge in [-0.2, -0.15) is 0 Å². The van der Waals surface area contributed by atoms with Crippen molar-refractivity contribution in [2.45, 2.75) is 48.0 Å². The second-order valence-corrected chi connectivity index (χ2v) is 13.1. The summed E-state index contributed by atoms with van der Waals surface area (Å²) in [5.74, 6) is -6.87.